The molecule has 1 saturated heterocycles. The molecule has 0 amide bonds. The maximum Gasteiger partial charge on any atom is 0.538 e. The van der Waals surface area contributed by atoms with Crippen molar-refractivity contribution in [3.05, 3.63) is 35.9 Å². The first-order valence-electron chi connectivity index (χ1n) is 7.42. The van der Waals surface area contributed by atoms with Gasteiger partial charge in [0.05, 0.1) is 7.11 Å². The highest BCUT2D eigenvalue weighted by molar-refractivity contribution is 6.86. The van der Waals surface area contributed by atoms with Crippen LogP contribution in [0.25, 0.3) is 0 Å². The van der Waals surface area contributed by atoms with Gasteiger partial charge in [0, 0.05) is 0 Å². The highest BCUT2D eigenvalue weighted by Gasteiger charge is 2.41. The molecule has 0 unspecified atom stereocenters. The van der Waals surface area contributed by atoms with Crippen LogP contribution in [0.4, 0.5) is 4.79 Å². The normalized spacial score (nSPS) is 16.4. The Labute approximate surface area is 126 Å². The van der Waals surface area contributed by atoms with Crippen LogP contribution in [0.2, 0.25) is 5.28 Å². The predicted molar refractivity (Wildman–Crippen MR) is 83.2 cm³/mol. The molecule has 1 aliphatic rings. The Kier molecular flexibility index (Phi) is 5.26. The predicted octanol–water partition coefficient (Wildman–Crippen LogP) is 3.40. The lowest BCUT2D eigenvalue weighted by atomic mass is 9.81. The Bertz CT molecular complexity index is 447. The van der Waals surface area contributed by atoms with Crippen molar-refractivity contribution < 1.29 is 9.53 Å². The maximum atomic E-state index is 11.8. The van der Waals surface area contributed by atoms with Crippen molar-refractivity contribution >= 4 is 19.2 Å². The first-order valence-corrected chi connectivity index (χ1v) is 9.33. The number of hydrogen-bond donors (Lipinski definition) is 0. The molecule has 0 aliphatic carbocycles. The zero-order valence-corrected chi connectivity index (χ0v) is 13.9. The highest BCUT2D eigenvalue weighted by atomic mass is 27.2. The van der Waals surface area contributed by atoms with E-state index in [2.05, 4.69) is 48.1 Å². The van der Waals surface area contributed by atoms with Gasteiger partial charge in [-0.3, -0.25) is 4.79 Å². The highest BCUT2D eigenvalue weighted by Crippen LogP contribution is 2.28. The van der Waals surface area contributed by atoms with Crippen molar-refractivity contribution in [2.24, 2.45) is 0 Å². The molecule has 0 bridgehead atoms. The van der Waals surface area contributed by atoms with Crippen LogP contribution in [0.15, 0.2) is 30.3 Å². The van der Waals surface area contributed by atoms with Crippen molar-refractivity contribution in [3.8, 4) is 0 Å². The molecule has 4 heteroatoms. The number of hydrogen-bond acceptors (Lipinski definition) is 3. The first-order chi connectivity index (χ1) is 9.54. The van der Waals surface area contributed by atoms with Crippen LogP contribution < -0.4 is 0 Å². The molecule has 1 fully saturated rings. The van der Waals surface area contributed by atoms with E-state index >= 15 is 0 Å². The number of ether oxygens (including phenoxy) is 1. The van der Waals surface area contributed by atoms with Crippen LogP contribution in [0.1, 0.15) is 32.3 Å². The Hall–Kier alpha value is -0.818. The van der Waals surface area contributed by atoms with E-state index in [1.807, 2.05) is 0 Å². The second-order valence-electron chi connectivity index (χ2n) is 6.22. The lowest BCUT2D eigenvalue weighted by Crippen LogP contribution is -2.42. The zero-order valence-electron chi connectivity index (χ0n) is 12.8. The van der Waals surface area contributed by atoms with Crippen LogP contribution in [-0.2, 0) is 10.2 Å². The fourth-order valence-electron chi connectivity index (χ4n) is 2.95. The van der Waals surface area contributed by atoms with Gasteiger partial charge in [-0.05, 0) is 30.5 Å². The van der Waals surface area contributed by atoms with Crippen LogP contribution in [-0.4, -0.2) is 43.3 Å². The summed E-state index contributed by atoms with van der Waals surface area (Å²) >= 11 is -1.50. The van der Waals surface area contributed by atoms with Gasteiger partial charge in [0.15, 0.2) is 0 Å². The summed E-state index contributed by atoms with van der Waals surface area (Å²) in [5.41, 5.74) is 1.52. The average molecular weight is 289 g/mol. The van der Waals surface area contributed by atoms with Gasteiger partial charge in [0.1, 0.15) is 0 Å². The number of benzene rings is 1. The van der Waals surface area contributed by atoms with E-state index in [4.69, 9.17) is 4.74 Å². The lowest BCUT2D eigenvalue weighted by molar-refractivity contribution is 0.194. The summed E-state index contributed by atoms with van der Waals surface area (Å²) in [4.78, 5) is 11.9. The second kappa shape index (κ2) is 6.76. The topological polar surface area (TPSA) is 29.5 Å². The molecule has 1 aliphatic heterocycles. The SMILES string of the molecule is CO[C](=O)[Al]1[CH2]CC[N]1CCC(C)(C)c1ccccc1. The molecule has 108 valence electrons. The molecule has 0 radical (unpaired) electrons. The third-order valence-electron chi connectivity index (χ3n) is 4.42. The molecule has 0 aromatic heterocycles. The van der Waals surface area contributed by atoms with E-state index in [0.717, 1.165) is 31.2 Å². The average Bonchev–Trinajstić information content (AvgIpc) is 2.94. The monoisotopic (exact) mass is 289 g/mol. The molecule has 3 nitrogen and oxygen atoms in total. The van der Waals surface area contributed by atoms with Crippen LogP contribution in [0.5, 0.6) is 0 Å². The van der Waals surface area contributed by atoms with Gasteiger partial charge < -0.3 is 8.62 Å². The molecule has 20 heavy (non-hydrogen) atoms. The second-order valence-corrected chi connectivity index (χ2v) is 9.03. The minimum Gasteiger partial charge on any atom is -0.482 e. The summed E-state index contributed by atoms with van der Waals surface area (Å²) in [7, 11) is 1.51. The Balaban J connectivity index is 1.96. The van der Waals surface area contributed by atoms with Crippen molar-refractivity contribution in [3.63, 3.8) is 0 Å². The van der Waals surface area contributed by atoms with E-state index in [-0.39, 0.29) is 10.2 Å². The standard InChI is InChI=1S/C14H21N.C2H3O2.Al/c1-4-11-15-12-10-14(2,3)13-8-6-5-7-9-13;1-4-2-3;/h5-9H,1,4,10-12H2,2-3H3;1H3;/q-1;;+1. The minimum atomic E-state index is -1.50. The van der Waals surface area contributed by atoms with E-state index in [1.165, 1.54) is 12.7 Å². The quantitative estimate of drug-likeness (QED) is 0.778. The molecule has 0 N–H and O–H groups in total. The van der Waals surface area contributed by atoms with Crippen LogP contribution in [0.3, 0.4) is 0 Å². The fourth-order valence-corrected chi connectivity index (χ4v) is 5.63. The first kappa shape index (κ1) is 15.6. The molecule has 1 aromatic rings. The van der Waals surface area contributed by atoms with Crippen molar-refractivity contribution in [1.29, 1.82) is 0 Å². The lowest BCUT2D eigenvalue weighted by Gasteiger charge is -2.29. The number of carbonyl (C=O) groups excluding carboxylic acids is 1. The molecule has 1 heterocycles. The largest absolute Gasteiger partial charge is 0.538 e. The van der Waals surface area contributed by atoms with Gasteiger partial charge in [-0.2, -0.15) is 0 Å². The number of carbonyl (C=O) groups is 1. The van der Waals surface area contributed by atoms with Crippen LogP contribution >= 0.6 is 0 Å². The maximum absolute atomic E-state index is 11.8. The van der Waals surface area contributed by atoms with Gasteiger partial charge in [-0.1, -0.05) is 55.9 Å². The Morgan fingerprint density at radius 1 is 1.35 bits per heavy atom. The van der Waals surface area contributed by atoms with E-state index in [1.54, 1.807) is 0 Å². The van der Waals surface area contributed by atoms with Crippen LogP contribution in [0, 0.1) is 0 Å². The zero-order chi connectivity index (χ0) is 14.6. The Morgan fingerprint density at radius 3 is 2.70 bits per heavy atom. The molecule has 0 spiro atoms. The number of rotatable bonds is 5. The van der Waals surface area contributed by atoms with Gasteiger partial charge in [0.2, 0.25) is 4.83 Å². The molecule has 0 atom stereocenters. The summed E-state index contributed by atoms with van der Waals surface area (Å²) in [6, 6.07) is 10.6. The summed E-state index contributed by atoms with van der Waals surface area (Å²) in [5.74, 6) is 0. The van der Waals surface area contributed by atoms with Gasteiger partial charge in [-0.15, -0.1) is 0 Å². The van der Waals surface area contributed by atoms with Crippen molar-refractivity contribution in [1.82, 2.24) is 3.88 Å². The number of nitrogens with zero attached hydrogens (tertiary/aromatic N) is 1. The van der Waals surface area contributed by atoms with Gasteiger partial charge in [0.25, 0.3) is 0 Å². The van der Waals surface area contributed by atoms with Crippen molar-refractivity contribution in [2.75, 3.05) is 20.2 Å². The summed E-state index contributed by atoms with van der Waals surface area (Å²) < 4.78 is 7.38. The molecule has 2 rings (SSSR count). The smallest absolute Gasteiger partial charge is 0.482 e. The molecule has 1 aromatic carbocycles. The summed E-state index contributed by atoms with van der Waals surface area (Å²) in [5, 5.41) is 1.07. The van der Waals surface area contributed by atoms with E-state index in [0.29, 0.717) is 0 Å². The third-order valence-corrected chi connectivity index (χ3v) is 7.55. The number of methoxy groups -OCH3 is 1. The van der Waals surface area contributed by atoms with Crippen molar-refractivity contribution in [2.45, 2.75) is 37.4 Å². The summed E-state index contributed by atoms with van der Waals surface area (Å²) in [6.07, 6.45) is 2.23. The third kappa shape index (κ3) is 3.64. The minimum absolute atomic E-state index is 0.0556. The molecular formula is C16H24AlNO2. The fraction of sp³-hybridized carbons (Fsp3) is 0.562. The van der Waals surface area contributed by atoms with E-state index in [9.17, 15) is 4.79 Å². The summed E-state index contributed by atoms with van der Waals surface area (Å²) in [6.45, 7) is 6.64. The van der Waals surface area contributed by atoms with Gasteiger partial charge >= 0.3 is 14.4 Å². The molecule has 0 saturated carbocycles. The Morgan fingerprint density at radius 2 is 2.05 bits per heavy atom. The van der Waals surface area contributed by atoms with Gasteiger partial charge in [-0.25, -0.2) is 0 Å². The molecular weight excluding hydrogens is 265 g/mol. The van der Waals surface area contributed by atoms with E-state index < -0.39 is 14.4 Å².